The van der Waals surface area contributed by atoms with Crippen molar-refractivity contribution in [3.63, 3.8) is 0 Å². The van der Waals surface area contributed by atoms with Crippen molar-refractivity contribution in [2.24, 2.45) is 0 Å². The highest BCUT2D eigenvalue weighted by Crippen LogP contribution is 2.37. The number of alkyl halides is 1. The summed E-state index contributed by atoms with van der Waals surface area (Å²) in [5, 5.41) is 12.0. The lowest BCUT2D eigenvalue weighted by Gasteiger charge is -2.14. The summed E-state index contributed by atoms with van der Waals surface area (Å²) in [5.41, 5.74) is 0.837. The molecule has 1 aromatic rings. The maximum Gasteiger partial charge on any atom is 0.407 e. The van der Waals surface area contributed by atoms with Gasteiger partial charge < -0.3 is 15.2 Å². The van der Waals surface area contributed by atoms with Crippen LogP contribution in [0.3, 0.4) is 0 Å². The van der Waals surface area contributed by atoms with Crippen molar-refractivity contribution >= 4 is 28.7 Å². The number of hydrogen-bond acceptors (Lipinski definition) is 3. The number of hydrogen-bond donors (Lipinski definition) is 2. The number of phenols is 1. The van der Waals surface area contributed by atoms with Gasteiger partial charge in [-0.3, -0.25) is 0 Å². The molecule has 5 heteroatoms. The van der Waals surface area contributed by atoms with E-state index in [1.165, 1.54) is 0 Å². The number of benzene rings is 1. The maximum atomic E-state index is 11.5. The van der Waals surface area contributed by atoms with E-state index in [0.717, 1.165) is 22.8 Å². The summed E-state index contributed by atoms with van der Waals surface area (Å²) in [6.45, 7) is 0.226. The van der Waals surface area contributed by atoms with Crippen molar-refractivity contribution in [2.75, 3.05) is 4.43 Å². The van der Waals surface area contributed by atoms with E-state index in [9.17, 15) is 4.79 Å². The molecule has 0 aliphatic heterocycles. The quantitative estimate of drug-likeness (QED) is 0.650. The first-order chi connectivity index (χ1) is 8.13. The molecule has 1 saturated carbocycles. The van der Waals surface area contributed by atoms with Crippen molar-refractivity contribution in [2.45, 2.75) is 25.0 Å². The summed E-state index contributed by atoms with van der Waals surface area (Å²) in [6.07, 6.45) is 1.70. The second-order valence-electron chi connectivity index (χ2n) is 4.28. The second kappa shape index (κ2) is 5.12. The molecule has 1 aliphatic carbocycles. The van der Waals surface area contributed by atoms with Crippen molar-refractivity contribution in [1.29, 1.82) is 0 Å². The van der Waals surface area contributed by atoms with Gasteiger partial charge >= 0.3 is 6.09 Å². The van der Waals surface area contributed by atoms with Gasteiger partial charge in [0.25, 0.3) is 0 Å². The first-order valence-corrected chi connectivity index (χ1v) is 6.95. The zero-order valence-corrected chi connectivity index (χ0v) is 11.4. The highest BCUT2D eigenvalue weighted by atomic mass is 127. The topological polar surface area (TPSA) is 58.6 Å². The van der Waals surface area contributed by atoms with Gasteiger partial charge in [-0.2, -0.15) is 0 Å². The van der Waals surface area contributed by atoms with Crippen LogP contribution in [-0.2, 0) is 11.3 Å². The summed E-state index contributed by atoms with van der Waals surface area (Å²) in [6, 6.07) is 6.61. The van der Waals surface area contributed by atoms with Crippen LogP contribution in [0.2, 0.25) is 0 Å². The Morgan fingerprint density at radius 2 is 2.06 bits per heavy atom. The molecule has 1 amide bonds. The van der Waals surface area contributed by atoms with Crippen molar-refractivity contribution < 1.29 is 14.6 Å². The highest BCUT2D eigenvalue weighted by Gasteiger charge is 2.43. The standard InChI is InChI=1S/C12H14INO3/c13-8-12(5-6-12)14-11(16)17-7-9-1-3-10(15)4-2-9/h1-4,15H,5-8H2,(H,14,16). The third-order valence-corrected chi connectivity index (χ3v) is 4.24. The molecule has 0 saturated heterocycles. The van der Waals surface area contributed by atoms with E-state index < -0.39 is 0 Å². The molecule has 0 bridgehead atoms. The molecule has 17 heavy (non-hydrogen) atoms. The smallest absolute Gasteiger partial charge is 0.407 e. The first-order valence-electron chi connectivity index (χ1n) is 5.42. The Morgan fingerprint density at radius 1 is 1.41 bits per heavy atom. The highest BCUT2D eigenvalue weighted by molar-refractivity contribution is 14.1. The Morgan fingerprint density at radius 3 is 2.59 bits per heavy atom. The van der Waals surface area contributed by atoms with Crippen LogP contribution < -0.4 is 5.32 Å². The molecule has 0 radical (unpaired) electrons. The Hall–Kier alpha value is -0.980. The van der Waals surface area contributed by atoms with Crippen LogP contribution in [0.15, 0.2) is 24.3 Å². The number of ether oxygens (including phenoxy) is 1. The van der Waals surface area contributed by atoms with Gasteiger partial charge in [-0.05, 0) is 30.5 Å². The van der Waals surface area contributed by atoms with E-state index in [-0.39, 0.29) is 24.0 Å². The molecule has 92 valence electrons. The van der Waals surface area contributed by atoms with E-state index >= 15 is 0 Å². The Balaban J connectivity index is 1.78. The van der Waals surface area contributed by atoms with Gasteiger partial charge in [0.2, 0.25) is 0 Å². The molecule has 0 unspecified atom stereocenters. The lowest BCUT2D eigenvalue weighted by molar-refractivity contribution is 0.135. The van der Waals surface area contributed by atoms with Crippen LogP contribution in [0.25, 0.3) is 0 Å². The fourth-order valence-electron chi connectivity index (χ4n) is 1.44. The summed E-state index contributed by atoms with van der Waals surface area (Å²) in [5.74, 6) is 0.208. The number of amides is 1. The monoisotopic (exact) mass is 347 g/mol. The third-order valence-electron chi connectivity index (χ3n) is 2.78. The van der Waals surface area contributed by atoms with Gasteiger partial charge in [-0.25, -0.2) is 4.79 Å². The minimum atomic E-state index is -0.368. The fraction of sp³-hybridized carbons (Fsp3) is 0.417. The number of halogens is 1. The Labute approximate surface area is 113 Å². The summed E-state index contributed by atoms with van der Waals surface area (Å²) >= 11 is 2.27. The van der Waals surface area contributed by atoms with Gasteiger partial charge in [0, 0.05) is 4.43 Å². The molecule has 2 N–H and O–H groups in total. The average molecular weight is 347 g/mol. The van der Waals surface area contributed by atoms with E-state index in [4.69, 9.17) is 9.84 Å². The maximum absolute atomic E-state index is 11.5. The molecule has 4 nitrogen and oxygen atoms in total. The molecule has 0 atom stereocenters. The van der Waals surface area contributed by atoms with Gasteiger partial charge in [-0.1, -0.05) is 34.7 Å². The number of phenolic OH excluding ortho intramolecular Hbond substituents is 1. The lowest BCUT2D eigenvalue weighted by atomic mass is 10.2. The van der Waals surface area contributed by atoms with E-state index in [1.54, 1.807) is 24.3 Å². The summed E-state index contributed by atoms with van der Waals surface area (Å²) in [7, 11) is 0. The number of carbonyl (C=O) groups is 1. The van der Waals surface area contributed by atoms with Crippen LogP contribution in [0.5, 0.6) is 5.75 Å². The molecular formula is C12H14INO3. The zero-order chi connectivity index (χ0) is 12.3. The predicted molar refractivity (Wildman–Crippen MR) is 72.3 cm³/mol. The summed E-state index contributed by atoms with van der Waals surface area (Å²) in [4.78, 5) is 11.5. The normalized spacial score (nSPS) is 16.3. The number of nitrogens with one attached hydrogen (secondary N) is 1. The minimum absolute atomic E-state index is 0.0212. The molecule has 0 aromatic heterocycles. The van der Waals surface area contributed by atoms with Crippen LogP contribution in [-0.4, -0.2) is 21.2 Å². The minimum Gasteiger partial charge on any atom is -0.508 e. The molecule has 0 spiro atoms. The lowest BCUT2D eigenvalue weighted by Crippen LogP contribution is -2.38. The molecule has 2 rings (SSSR count). The Bertz CT molecular complexity index is 401. The number of alkyl carbamates (subject to hydrolysis) is 1. The number of aromatic hydroxyl groups is 1. The van der Waals surface area contributed by atoms with E-state index in [0.29, 0.717) is 0 Å². The molecule has 0 heterocycles. The van der Waals surface area contributed by atoms with Crippen molar-refractivity contribution in [1.82, 2.24) is 5.32 Å². The van der Waals surface area contributed by atoms with E-state index in [2.05, 4.69) is 27.9 Å². The van der Waals surface area contributed by atoms with Gasteiger partial charge in [0.15, 0.2) is 0 Å². The van der Waals surface area contributed by atoms with Gasteiger partial charge in [-0.15, -0.1) is 0 Å². The molecule has 1 aromatic carbocycles. The third kappa shape index (κ3) is 3.49. The number of carbonyl (C=O) groups excluding carboxylic acids is 1. The first kappa shape index (κ1) is 12.5. The average Bonchev–Trinajstić information content (AvgIpc) is 3.09. The molecule has 1 aliphatic rings. The summed E-state index contributed by atoms with van der Waals surface area (Å²) < 4.78 is 6.03. The number of rotatable bonds is 4. The van der Waals surface area contributed by atoms with Gasteiger partial charge in [0.05, 0.1) is 5.54 Å². The van der Waals surface area contributed by atoms with Gasteiger partial charge in [0.1, 0.15) is 12.4 Å². The fourth-order valence-corrected chi connectivity index (χ4v) is 2.39. The molecule has 1 fully saturated rings. The zero-order valence-electron chi connectivity index (χ0n) is 9.28. The van der Waals surface area contributed by atoms with Crippen molar-refractivity contribution in [3.05, 3.63) is 29.8 Å². The van der Waals surface area contributed by atoms with Crippen LogP contribution in [0.1, 0.15) is 18.4 Å². The van der Waals surface area contributed by atoms with E-state index in [1.807, 2.05) is 0 Å². The van der Waals surface area contributed by atoms with Crippen LogP contribution in [0.4, 0.5) is 4.79 Å². The largest absolute Gasteiger partial charge is 0.508 e. The van der Waals surface area contributed by atoms with Crippen LogP contribution in [0, 0.1) is 0 Å². The Kier molecular flexibility index (Phi) is 3.76. The predicted octanol–water partition coefficient (Wildman–Crippen LogP) is 2.59. The SMILES string of the molecule is O=C(NC1(CI)CC1)OCc1ccc(O)cc1. The van der Waals surface area contributed by atoms with Crippen molar-refractivity contribution in [3.8, 4) is 5.75 Å². The second-order valence-corrected chi connectivity index (χ2v) is 5.04. The van der Waals surface area contributed by atoms with Crippen LogP contribution >= 0.6 is 22.6 Å². The molecular weight excluding hydrogens is 333 g/mol.